The summed E-state index contributed by atoms with van der Waals surface area (Å²) in [5.74, 6) is 0. The van der Waals surface area contributed by atoms with Crippen molar-refractivity contribution in [1.29, 1.82) is 5.26 Å². The zero-order chi connectivity index (χ0) is 7.68. The van der Waals surface area contributed by atoms with Crippen LogP contribution in [0.15, 0.2) is 18.6 Å². The maximum atomic E-state index is 8.62. The quantitative estimate of drug-likeness (QED) is 0.595. The number of pyridine rings is 1. The van der Waals surface area contributed by atoms with E-state index in [0.717, 1.165) is 10.9 Å². The van der Waals surface area contributed by atoms with Gasteiger partial charge in [-0.3, -0.25) is 10.1 Å². The van der Waals surface area contributed by atoms with Crippen LogP contribution >= 0.6 is 0 Å². The lowest BCUT2D eigenvalue weighted by molar-refractivity contribution is 1.11. The second kappa shape index (κ2) is 2.06. The lowest BCUT2D eigenvalue weighted by Crippen LogP contribution is -1.78. The third-order valence-corrected chi connectivity index (χ3v) is 1.49. The Bertz CT molecular complexity index is 423. The maximum Gasteiger partial charge on any atom is 0.102 e. The fourth-order valence-electron chi connectivity index (χ4n) is 0.954. The highest BCUT2D eigenvalue weighted by Gasteiger charge is 2.00. The summed E-state index contributed by atoms with van der Waals surface area (Å²) in [6.45, 7) is 0. The SMILES string of the molecule is N#Cc1cncc2[nH]ncc12. The number of H-pyrrole nitrogens is 1. The number of rotatable bonds is 0. The van der Waals surface area contributed by atoms with E-state index in [1.54, 1.807) is 12.4 Å². The van der Waals surface area contributed by atoms with E-state index in [9.17, 15) is 0 Å². The molecule has 11 heavy (non-hydrogen) atoms. The second-order valence-corrected chi connectivity index (χ2v) is 2.13. The van der Waals surface area contributed by atoms with Crippen molar-refractivity contribution in [3.8, 4) is 6.07 Å². The molecular weight excluding hydrogens is 140 g/mol. The highest BCUT2D eigenvalue weighted by molar-refractivity contribution is 5.82. The van der Waals surface area contributed by atoms with Gasteiger partial charge in [0.25, 0.3) is 0 Å². The summed E-state index contributed by atoms with van der Waals surface area (Å²) < 4.78 is 0. The largest absolute Gasteiger partial charge is 0.276 e. The summed E-state index contributed by atoms with van der Waals surface area (Å²) in [4.78, 5) is 3.86. The van der Waals surface area contributed by atoms with Gasteiger partial charge in [-0.2, -0.15) is 10.4 Å². The highest BCUT2D eigenvalue weighted by atomic mass is 15.1. The third-order valence-electron chi connectivity index (χ3n) is 1.49. The number of aromatic nitrogens is 3. The highest BCUT2D eigenvalue weighted by Crippen LogP contribution is 2.12. The molecular formula is C7H4N4. The first-order valence-electron chi connectivity index (χ1n) is 3.09. The zero-order valence-electron chi connectivity index (χ0n) is 5.57. The van der Waals surface area contributed by atoms with Crippen molar-refractivity contribution in [3.63, 3.8) is 0 Å². The minimum Gasteiger partial charge on any atom is -0.276 e. The Hall–Kier alpha value is -1.89. The molecule has 2 rings (SSSR count). The molecule has 0 spiro atoms. The van der Waals surface area contributed by atoms with Gasteiger partial charge < -0.3 is 0 Å². The molecule has 0 aliphatic carbocycles. The van der Waals surface area contributed by atoms with E-state index in [1.165, 1.54) is 6.20 Å². The molecule has 2 heterocycles. The van der Waals surface area contributed by atoms with Crippen molar-refractivity contribution in [2.75, 3.05) is 0 Å². The van der Waals surface area contributed by atoms with Gasteiger partial charge in [-0.1, -0.05) is 0 Å². The van der Waals surface area contributed by atoms with Crippen LogP contribution in [-0.4, -0.2) is 15.2 Å². The molecule has 0 aliphatic rings. The molecule has 4 nitrogen and oxygen atoms in total. The normalized spacial score (nSPS) is 9.73. The number of fused-ring (bicyclic) bond motifs is 1. The van der Waals surface area contributed by atoms with Gasteiger partial charge >= 0.3 is 0 Å². The van der Waals surface area contributed by atoms with E-state index >= 15 is 0 Å². The van der Waals surface area contributed by atoms with Crippen LogP contribution in [0.1, 0.15) is 5.56 Å². The number of aromatic amines is 1. The molecule has 0 fully saturated rings. The fraction of sp³-hybridized carbons (Fsp3) is 0. The van der Waals surface area contributed by atoms with Gasteiger partial charge in [-0.25, -0.2) is 0 Å². The average Bonchev–Trinajstić information content (AvgIpc) is 2.50. The van der Waals surface area contributed by atoms with E-state index in [0.29, 0.717) is 5.56 Å². The molecule has 0 aliphatic heterocycles. The Balaban J connectivity index is 2.92. The van der Waals surface area contributed by atoms with Crippen LogP contribution in [0.25, 0.3) is 10.9 Å². The van der Waals surface area contributed by atoms with E-state index in [1.807, 2.05) is 6.07 Å². The van der Waals surface area contributed by atoms with E-state index in [-0.39, 0.29) is 0 Å². The molecule has 1 N–H and O–H groups in total. The summed E-state index contributed by atoms with van der Waals surface area (Å²) >= 11 is 0. The van der Waals surface area contributed by atoms with Gasteiger partial charge in [0.15, 0.2) is 0 Å². The first-order chi connectivity index (χ1) is 5.42. The first kappa shape index (κ1) is 5.86. The smallest absolute Gasteiger partial charge is 0.102 e. The predicted octanol–water partition coefficient (Wildman–Crippen LogP) is 0.830. The minimum absolute atomic E-state index is 0.552. The van der Waals surface area contributed by atoms with Crippen LogP contribution in [0, 0.1) is 11.3 Å². The molecule has 52 valence electrons. The van der Waals surface area contributed by atoms with Crippen LogP contribution in [0.3, 0.4) is 0 Å². The van der Waals surface area contributed by atoms with E-state index in [2.05, 4.69) is 15.2 Å². The zero-order valence-corrected chi connectivity index (χ0v) is 5.57. The van der Waals surface area contributed by atoms with E-state index in [4.69, 9.17) is 5.26 Å². The van der Waals surface area contributed by atoms with Crippen molar-refractivity contribution in [2.45, 2.75) is 0 Å². The van der Waals surface area contributed by atoms with Gasteiger partial charge in [0.1, 0.15) is 6.07 Å². The predicted molar refractivity (Wildman–Crippen MR) is 38.6 cm³/mol. The number of hydrogen-bond donors (Lipinski definition) is 1. The Morgan fingerprint density at radius 1 is 1.36 bits per heavy atom. The van der Waals surface area contributed by atoms with Crippen molar-refractivity contribution in [3.05, 3.63) is 24.2 Å². The van der Waals surface area contributed by atoms with Gasteiger partial charge in [0.05, 0.1) is 23.5 Å². The summed E-state index contributed by atoms with van der Waals surface area (Å²) in [7, 11) is 0. The molecule has 0 radical (unpaired) electrons. The molecule has 0 amide bonds. The van der Waals surface area contributed by atoms with Crippen LogP contribution in [0.4, 0.5) is 0 Å². The Morgan fingerprint density at radius 3 is 3.09 bits per heavy atom. The minimum atomic E-state index is 0.552. The molecule has 4 heteroatoms. The topological polar surface area (TPSA) is 65.4 Å². The van der Waals surface area contributed by atoms with Gasteiger partial charge in [-0.05, 0) is 0 Å². The molecule has 0 bridgehead atoms. The number of hydrogen-bond acceptors (Lipinski definition) is 3. The Morgan fingerprint density at radius 2 is 2.27 bits per heavy atom. The molecule has 0 saturated heterocycles. The van der Waals surface area contributed by atoms with Gasteiger partial charge in [-0.15, -0.1) is 0 Å². The fourth-order valence-corrected chi connectivity index (χ4v) is 0.954. The van der Waals surface area contributed by atoms with Crippen LogP contribution in [-0.2, 0) is 0 Å². The standard InChI is InChI=1S/C7H4N4/c8-1-5-2-9-4-7-6(5)3-10-11-7/h2-4H,(H,10,11). The monoisotopic (exact) mass is 144 g/mol. The van der Waals surface area contributed by atoms with Crippen molar-refractivity contribution in [2.24, 2.45) is 0 Å². The second-order valence-electron chi connectivity index (χ2n) is 2.13. The number of nitriles is 1. The number of nitrogens with one attached hydrogen (secondary N) is 1. The van der Waals surface area contributed by atoms with Crippen molar-refractivity contribution in [1.82, 2.24) is 15.2 Å². The van der Waals surface area contributed by atoms with E-state index < -0.39 is 0 Å². The summed E-state index contributed by atoms with van der Waals surface area (Å²) in [5.41, 5.74) is 1.35. The molecule has 0 unspecified atom stereocenters. The van der Waals surface area contributed by atoms with Crippen LogP contribution in [0.2, 0.25) is 0 Å². The molecule has 0 aromatic carbocycles. The lowest BCUT2D eigenvalue weighted by Gasteiger charge is -1.87. The van der Waals surface area contributed by atoms with Gasteiger partial charge in [0, 0.05) is 11.6 Å². The Kier molecular flexibility index (Phi) is 1.10. The molecule has 2 aromatic rings. The molecule has 2 aromatic heterocycles. The van der Waals surface area contributed by atoms with Crippen LogP contribution in [0.5, 0.6) is 0 Å². The molecule has 0 saturated carbocycles. The third kappa shape index (κ3) is 0.749. The van der Waals surface area contributed by atoms with Crippen molar-refractivity contribution >= 4 is 10.9 Å². The summed E-state index contributed by atoms with van der Waals surface area (Å²) in [6, 6.07) is 2.03. The average molecular weight is 144 g/mol. The van der Waals surface area contributed by atoms with Gasteiger partial charge in [0.2, 0.25) is 0 Å². The first-order valence-corrected chi connectivity index (χ1v) is 3.09. The summed E-state index contributed by atoms with van der Waals surface area (Å²) in [5, 5.41) is 16.0. The van der Waals surface area contributed by atoms with Crippen molar-refractivity contribution < 1.29 is 0 Å². The van der Waals surface area contributed by atoms with Crippen LogP contribution < -0.4 is 0 Å². The lowest BCUT2D eigenvalue weighted by atomic mass is 10.2. The summed E-state index contributed by atoms with van der Waals surface area (Å²) in [6.07, 6.45) is 4.79. The Labute approximate surface area is 62.5 Å². The molecule has 0 atom stereocenters. The maximum absolute atomic E-state index is 8.62. The number of nitrogens with zero attached hydrogens (tertiary/aromatic N) is 3.